The lowest BCUT2D eigenvalue weighted by atomic mass is 10.1. The third-order valence-corrected chi connectivity index (χ3v) is 4.01. The van der Waals surface area contributed by atoms with Crippen molar-refractivity contribution in [2.75, 3.05) is 7.05 Å². The van der Waals surface area contributed by atoms with Crippen LogP contribution in [0.1, 0.15) is 32.4 Å². The second-order valence-electron chi connectivity index (χ2n) is 3.97. The van der Waals surface area contributed by atoms with Gasteiger partial charge in [0.25, 0.3) is 0 Å². The molecule has 90 valence electrons. The molecular formula is C12H20N2OS. The van der Waals surface area contributed by atoms with E-state index >= 15 is 0 Å². The van der Waals surface area contributed by atoms with E-state index in [1.165, 1.54) is 5.56 Å². The lowest BCUT2D eigenvalue weighted by Crippen LogP contribution is -2.17. The second-order valence-corrected chi connectivity index (χ2v) is 5.34. The monoisotopic (exact) mass is 240 g/mol. The van der Waals surface area contributed by atoms with Gasteiger partial charge in [0, 0.05) is 23.1 Å². The number of rotatable bonds is 5. The van der Waals surface area contributed by atoms with Crippen LogP contribution in [0.5, 0.6) is 0 Å². The number of thioether (sulfide) groups is 1. The van der Waals surface area contributed by atoms with Crippen LogP contribution in [0.25, 0.3) is 0 Å². The zero-order valence-corrected chi connectivity index (χ0v) is 11.1. The highest BCUT2D eigenvalue weighted by molar-refractivity contribution is 7.99. The van der Waals surface area contributed by atoms with Gasteiger partial charge in [0.05, 0.1) is 6.10 Å². The van der Waals surface area contributed by atoms with E-state index in [0.717, 1.165) is 5.03 Å². The number of hydrogen-bond donors (Lipinski definition) is 2. The van der Waals surface area contributed by atoms with Gasteiger partial charge in [-0.25, -0.2) is 4.98 Å². The molecule has 0 spiro atoms. The summed E-state index contributed by atoms with van der Waals surface area (Å²) in [6.07, 6.45) is 1.47. The Kier molecular flexibility index (Phi) is 5.25. The van der Waals surface area contributed by atoms with Crippen molar-refractivity contribution in [3.05, 3.63) is 23.9 Å². The molecule has 0 saturated heterocycles. The second kappa shape index (κ2) is 6.23. The van der Waals surface area contributed by atoms with Gasteiger partial charge in [0.1, 0.15) is 5.03 Å². The Labute approximate surface area is 102 Å². The summed E-state index contributed by atoms with van der Waals surface area (Å²) in [5, 5.41) is 13.9. The first-order valence-corrected chi connectivity index (χ1v) is 6.41. The van der Waals surface area contributed by atoms with Crippen molar-refractivity contribution >= 4 is 11.8 Å². The summed E-state index contributed by atoms with van der Waals surface area (Å²) in [4.78, 5) is 4.38. The fourth-order valence-electron chi connectivity index (χ4n) is 1.26. The maximum atomic E-state index is 9.50. The number of aromatic nitrogens is 1. The standard InChI is InChI=1S/C12H20N2OS/c1-8(13-4)11-6-5-7-14-12(11)16-10(3)9(2)15/h5-10,13,15H,1-4H3. The minimum absolute atomic E-state index is 0.151. The number of aliphatic hydroxyl groups excluding tert-OH is 1. The van der Waals surface area contributed by atoms with Gasteiger partial charge < -0.3 is 10.4 Å². The Balaban J connectivity index is 2.86. The lowest BCUT2D eigenvalue weighted by molar-refractivity contribution is 0.196. The molecule has 1 heterocycles. The molecule has 0 saturated carbocycles. The molecule has 1 aromatic heterocycles. The van der Waals surface area contributed by atoms with E-state index in [0.29, 0.717) is 0 Å². The molecule has 4 heteroatoms. The highest BCUT2D eigenvalue weighted by atomic mass is 32.2. The smallest absolute Gasteiger partial charge is 0.101 e. The van der Waals surface area contributed by atoms with Crippen LogP contribution in [-0.2, 0) is 0 Å². The van der Waals surface area contributed by atoms with E-state index < -0.39 is 0 Å². The maximum Gasteiger partial charge on any atom is 0.101 e. The zero-order chi connectivity index (χ0) is 12.1. The summed E-state index contributed by atoms with van der Waals surface area (Å²) in [6.45, 7) is 5.92. The summed E-state index contributed by atoms with van der Waals surface area (Å²) < 4.78 is 0. The third-order valence-electron chi connectivity index (χ3n) is 2.68. The van der Waals surface area contributed by atoms with Gasteiger partial charge in [0.15, 0.2) is 0 Å². The number of aliphatic hydroxyl groups is 1. The molecule has 3 nitrogen and oxygen atoms in total. The van der Waals surface area contributed by atoms with Crippen LogP contribution in [-0.4, -0.2) is 28.5 Å². The normalized spacial score (nSPS) is 16.8. The van der Waals surface area contributed by atoms with Crippen molar-refractivity contribution in [3.63, 3.8) is 0 Å². The number of pyridine rings is 1. The Bertz CT molecular complexity index is 331. The summed E-state index contributed by atoms with van der Waals surface area (Å²) in [7, 11) is 1.93. The quantitative estimate of drug-likeness (QED) is 0.775. The van der Waals surface area contributed by atoms with Gasteiger partial charge in [-0.1, -0.05) is 13.0 Å². The highest BCUT2D eigenvalue weighted by Gasteiger charge is 2.16. The van der Waals surface area contributed by atoms with Crippen LogP contribution >= 0.6 is 11.8 Å². The van der Waals surface area contributed by atoms with Gasteiger partial charge in [-0.2, -0.15) is 0 Å². The fraction of sp³-hybridized carbons (Fsp3) is 0.583. The molecule has 3 unspecified atom stereocenters. The molecule has 0 bridgehead atoms. The van der Waals surface area contributed by atoms with Gasteiger partial charge in [-0.3, -0.25) is 0 Å². The number of nitrogens with one attached hydrogen (secondary N) is 1. The summed E-state index contributed by atoms with van der Waals surface area (Å²) >= 11 is 1.62. The molecule has 2 N–H and O–H groups in total. The van der Waals surface area contributed by atoms with Crippen LogP contribution in [0.2, 0.25) is 0 Å². The van der Waals surface area contributed by atoms with Gasteiger partial charge in [-0.15, -0.1) is 11.8 Å². The fourth-order valence-corrected chi connectivity index (χ4v) is 2.31. The molecule has 1 aromatic rings. The van der Waals surface area contributed by atoms with Gasteiger partial charge in [-0.05, 0) is 27.0 Å². The molecule has 0 radical (unpaired) electrons. The van der Waals surface area contributed by atoms with E-state index in [1.54, 1.807) is 18.0 Å². The molecule has 0 amide bonds. The minimum atomic E-state index is -0.329. The Hall–Kier alpha value is -0.580. The largest absolute Gasteiger partial charge is 0.392 e. The zero-order valence-electron chi connectivity index (χ0n) is 10.3. The summed E-state index contributed by atoms with van der Waals surface area (Å²) in [5.41, 5.74) is 1.18. The van der Waals surface area contributed by atoms with Crippen molar-refractivity contribution in [1.29, 1.82) is 0 Å². The van der Waals surface area contributed by atoms with E-state index in [9.17, 15) is 5.11 Å². The van der Waals surface area contributed by atoms with Crippen molar-refractivity contribution in [2.45, 2.75) is 43.2 Å². The van der Waals surface area contributed by atoms with Gasteiger partial charge >= 0.3 is 0 Å². The van der Waals surface area contributed by atoms with E-state index in [2.05, 4.69) is 23.3 Å². The van der Waals surface area contributed by atoms with Crippen LogP contribution < -0.4 is 5.32 Å². The number of nitrogens with zero attached hydrogens (tertiary/aromatic N) is 1. The predicted octanol–water partition coefficient (Wildman–Crippen LogP) is 2.22. The molecule has 0 aromatic carbocycles. The summed E-state index contributed by atoms with van der Waals surface area (Å²) in [6, 6.07) is 4.29. The van der Waals surface area contributed by atoms with E-state index in [4.69, 9.17) is 0 Å². The molecule has 0 aliphatic carbocycles. The topological polar surface area (TPSA) is 45.2 Å². The van der Waals surface area contributed by atoms with Crippen LogP contribution in [0.4, 0.5) is 0 Å². The predicted molar refractivity (Wildman–Crippen MR) is 68.7 cm³/mol. The van der Waals surface area contributed by atoms with Crippen LogP contribution in [0.3, 0.4) is 0 Å². The van der Waals surface area contributed by atoms with E-state index in [-0.39, 0.29) is 17.4 Å². The first-order chi connectivity index (χ1) is 7.56. The average Bonchev–Trinajstić information content (AvgIpc) is 2.28. The molecule has 3 atom stereocenters. The van der Waals surface area contributed by atoms with Gasteiger partial charge in [0.2, 0.25) is 0 Å². The van der Waals surface area contributed by atoms with E-state index in [1.807, 2.05) is 27.0 Å². The Morgan fingerprint density at radius 1 is 1.38 bits per heavy atom. The minimum Gasteiger partial charge on any atom is -0.392 e. The Morgan fingerprint density at radius 3 is 2.62 bits per heavy atom. The van der Waals surface area contributed by atoms with Crippen molar-refractivity contribution < 1.29 is 5.11 Å². The van der Waals surface area contributed by atoms with Crippen molar-refractivity contribution in [1.82, 2.24) is 10.3 Å². The average molecular weight is 240 g/mol. The van der Waals surface area contributed by atoms with Crippen LogP contribution in [0.15, 0.2) is 23.4 Å². The molecule has 1 rings (SSSR count). The van der Waals surface area contributed by atoms with Crippen molar-refractivity contribution in [3.8, 4) is 0 Å². The third kappa shape index (κ3) is 3.47. The number of hydrogen-bond acceptors (Lipinski definition) is 4. The molecular weight excluding hydrogens is 220 g/mol. The van der Waals surface area contributed by atoms with Crippen LogP contribution in [0, 0.1) is 0 Å². The van der Waals surface area contributed by atoms with Crippen molar-refractivity contribution in [2.24, 2.45) is 0 Å². The molecule has 0 aliphatic rings. The first-order valence-electron chi connectivity index (χ1n) is 5.53. The first kappa shape index (κ1) is 13.5. The maximum absolute atomic E-state index is 9.50. The lowest BCUT2D eigenvalue weighted by Gasteiger charge is -2.18. The summed E-state index contributed by atoms with van der Waals surface area (Å²) in [5.74, 6) is 0. The Morgan fingerprint density at radius 2 is 2.06 bits per heavy atom. The molecule has 0 aliphatic heterocycles. The SMILES string of the molecule is CNC(C)c1cccnc1SC(C)C(C)O. The molecule has 16 heavy (non-hydrogen) atoms. The highest BCUT2D eigenvalue weighted by Crippen LogP contribution is 2.29. The molecule has 0 fully saturated rings.